The first-order valence-electron chi connectivity index (χ1n) is 9.37. The summed E-state index contributed by atoms with van der Waals surface area (Å²) in [4.78, 5) is 36.7. The van der Waals surface area contributed by atoms with Gasteiger partial charge >= 0.3 is 0 Å². The summed E-state index contributed by atoms with van der Waals surface area (Å²) in [6.45, 7) is 5.67. The molecule has 0 unspecified atom stereocenters. The topological polar surface area (TPSA) is 78.5 Å². The second kappa shape index (κ2) is 9.35. The molecule has 1 aliphatic carbocycles. The van der Waals surface area contributed by atoms with Gasteiger partial charge in [0.15, 0.2) is 0 Å². The van der Waals surface area contributed by atoms with E-state index in [2.05, 4.69) is 16.7 Å². The standard InChI is InChI=1S/C21H29N3O3/c1-14(2)19(24(4)20(26)12-22-13-25)10-15(3)21(27)23-18-9-8-16-6-5-7-17(16)11-18/h8-11,13-14,19H,5-7,12H2,1-4H3,(H,22,25)(H,23,27)/t19-/m1/s1. The first kappa shape index (κ1) is 20.7. The van der Waals surface area contributed by atoms with Crippen LogP contribution in [-0.4, -0.2) is 42.8 Å². The Bertz CT molecular complexity index is 740. The number of benzene rings is 1. The van der Waals surface area contributed by atoms with E-state index in [0.717, 1.165) is 18.5 Å². The number of likely N-dealkylation sites (N-methyl/N-ethyl adjacent to an activating group) is 1. The molecular formula is C21H29N3O3. The molecule has 0 fully saturated rings. The van der Waals surface area contributed by atoms with E-state index >= 15 is 0 Å². The Balaban J connectivity index is 2.08. The van der Waals surface area contributed by atoms with Crippen molar-refractivity contribution in [2.45, 2.75) is 46.1 Å². The predicted molar refractivity (Wildman–Crippen MR) is 106 cm³/mol. The van der Waals surface area contributed by atoms with E-state index in [-0.39, 0.29) is 30.3 Å². The van der Waals surface area contributed by atoms with Crippen molar-refractivity contribution < 1.29 is 14.4 Å². The molecule has 6 nitrogen and oxygen atoms in total. The van der Waals surface area contributed by atoms with Gasteiger partial charge in [-0.25, -0.2) is 0 Å². The molecule has 1 aromatic rings. The molecule has 3 amide bonds. The molecule has 1 aliphatic rings. The maximum atomic E-state index is 12.6. The summed E-state index contributed by atoms with van der Waals surface area (Å²) in [6, 6.07) is 5.83. The van der Waals surface area contributed by atoms with Gasteiger partial charge in [0.05, 0.1) is 12.6 Å². The van der Waals surface area contributed by atoms with E-state index in [4.69, 9.17) is 0 Å². The maximum absolute atomic E-state index is 12.6. The van der Waals surface area contributed by atoms with Crippen LogP contribution in [0.4, 0.5) is 5.69 Å². The molecule has 27 heavy (non-hydrogen) atoms. The van der Waals surface area contributed by atoms with E-state index in [0.29, 0.717) is 12.0 Å². The van der Waals surface area contributed by atoms with E-state index < -0.39 is 0 Å². The molecule has 2 rings (SSSR count). The molecule has 0 saturated carbocycles. The molecule has 146 valence electrons. The average Bonchev–Trinajstić information content (AvgIpc) is 3.10. The number of carbonyl (C=O) groups excluding carboxylic acids is 3. The van der Waals surface area contributed by atoms with Crippen LogP contribution in [0.15, 0.2) is 29.8 Å². The Morgan fingerprint density at radius 1 is 1.22 bits per heavy atom. The fourth-order valence-electron chi connectivity index (χ4n) is 3.38. The van der Waals surface area contributed by atoms with Crippen molar-refractivity contribution in [3.05, 3.63) is 41.0 Å². The lowest BCUT2D eigenvalue weighted by molar-refractivity contribution is -0.132. The fourth-order valence-corrected chi connectivity index (χ4v) is 3.38. The van der Waals surface area contributed by atoms with Crippen LogP contribution in [0.5, 0.6) is 0 Å². The molecule has 0 bridgehead atoms. The average molecular weight is 371 g/mol. The van der Waals surface area contributed by atoms with Crippen molar-refractivity contribution in [2.24, 2.45) is 5.92 Å². The van der Waals surface area contributed by atoms with Gasteiger partial charge in [-0.05, 0) is 55.4 Å². The number of amides is 3. The molecule has 6 heteroatoms. The summed E-state index contributed by atoms with van der Waals surface area (Å²) in [5, 5.41) is 5.33. The Morgan fingerprint density at radius 3 is 2.59 bits per heavy atom. The molecule has 0 saturated heterocycles. The monoisotopic (exact) mass is 371 g/mol. The normalized spacial score (nSPS) is 14.5. The van der Waals surface area contributed by atoms with Crippen LogP contribution in [0, 0.1) is 5.92 Å². The SMILES string of the molecule is CC(=C[C@H](C(C)C)N(C)C(=O)CNC=O)C(=O)Nc1ccc2c(c1)CCC2. The highest BCUT2D eigenvalue weighted by Gasteiger charge is 2.22. The zero-order chi connectivity index (χ0) is 20.0. The van der Waals surface area contributed by atoms with Gasteiger partial charge in [-0.3, -0.25) is 14.4 Å². The minimum absolute atomic E-state index is 0.0581. The highest BCUT2D eigenvalue weighted by atomic mass is 16.2. The van der Waals surface area contributed by atoms with Crippen LogP contribution < -0.4 is 10.6 Å². The third kappa shape index (κ3) is 5.42. The predicted octanol–water partition coefficient (Wildman–Crippen LogP) is 2.29. The van der Waals surface area contributed by atoms with Gasteiger partial charge in [0, 0.05) is 18.3 Å². The third-order valence-corrected chi connectivity index (χ3v) is 5.00. The second-order valence-electron chi connectivity index (χ2n) is 7.38. The Hall–Kier alpha value is -2.63. The number of hydrogen-bond acceptors (Lipinski definition) is 3. The van der Waals surface area contributed by atoms with Crippen LogP contribution in [0.2, 0.25) is 0 Å². The lowest BCUT2D eigenvalue weighted by Gasteiger charge is -2.29. The van der Waals surface area contributed by atoms with Crippen molar-refractivity contribution in [1.29, 1.82) is 0 Å². The van der Waals surface area contributed by atoms with Crippen LogP contribution in [-0.2, 0) is 27.2 Å². The van der Waals surface area contributed by atoms with Gasteiger partial charge in [-0.15, -0.1) is 0 Å². The van der Waals surface area contributed by atoms with E-state index in [1.807, 2.05) is 32.1 Å². The van der Waals surface area contributed by atoms with Crippen molar-refractivity contribution in [1.82, 2.24) is 10.2 Å². The van der Waals surface area contributed by atoms with Gasteiger partial charge in [0.25, 0.3) is 5.91 Å². The van der Waals surface area contributed by atoms with Gasteiger partial charge in [-0.1, -0.05) is 26.0 Å². The minimum atomic E-state index is -0.239. The van der Waals surface area contributed by atoms with Crippen LogP contribution >= 0.6 is 0 Å². The molecule has 2 N–H and O–H groups in total. The summed E-state index contributed by atoms with van der Waals surface area (Å²) in [6.07, 6.45) is 5.65. The molecule has 0 aliphatic heterocycles. The number of aryl methyl sites for hydroxylation is 2. The van der Waals surface area contributed by atoms with Crippen LogP contribution in [0.1, 0.15) is 38.3 Å². The Labute approximate surface area is 161 Å². The lowest BCUT2D eigenvalue weighted by Crippen LogP contribution is -2.43. The van der Waals surface area contributed by atoms with Gasteiger partial charge in [0.2, 0.25) is 12.3 Å². The quantitative estimate of drug-likeness (QED) is 0.544. The second-order valence-corrected chi connectivity index (χ2v) is 7.38. The number of anilines is 1. The zero-order valence-corrected chi connectivity index (χ0v) is 16.5. The smallest absolute Gasteiger partial charge is 0.251 e. The minimum Gasteiger partial charge on any atom is -0.350 e. The van der Waals surface area contributed by atoms with Crippen molar-refractivity contribution in [3.63, 3.8) is 0 Å². The first-order chi connectivity index (χ1) is 12.8. The van der Waals surface area contributed by atoms with E-state index in [9.17, 15) is 14.4 Å². The summed E-state index contributed by atoms with van der Waals surface area (Å²) < 4.78 is 0. The maximum Gasteiger partial charge on any atom is 0.251 e. The number of rotatable bonds is 8. The molecule has 0 heterocycles. The van der Waals surface area contributed by atoms with Crippen molar-refractivity contribution >= 4 is 23.9 Å². The number of carbonyl (C=O) groups is 3. The largest absolute Gasteiger partial charge is 0.350 e. The van der Waals surface area contributed by atoms with Crippen molar-refractivity contribution in [2.75, 3.05) is 18.9 Å². The summed E-state index contributed by atoms with van der Waals surface area (Å²) >= 11 is 0. The fraction of sp³-hybridized carbons (Fsp3) is 0.476. The summed E-state index contributed by atoms with van der Waals surface area (Å²) in [5.74, 6) is -0.257. The van der Waals surface area contributed by atoms with E-state index in [1.165, 1.54) is 17.5 Å². The van der Waals surface area contributed by atoms with Gasteiger partial charge < -0.3 is 15.5 Å². The Morgan fingerprint density at radius 2 is 1.93 bits per heavy atom. The van der Waals surface area contributed by atoms with Gasteiger partial charge in [0.1, 0.15) is 0 Å². The highest BCUT2D eigenvalue weighted by molar-refractivity contribution is 6.03. The highest BCUT2D eigenvalue weighted by Crippen LogP contribution is 2.25. The zero-order valence-electron chi connectivity index (χ0n) is 16.5. The lowest BCUT2D eigenvalue weighted by atomic mass is 9.99. The Kier molecular flexibility index (Phi) is 7.16. The summed E-state index contributed by atoms with van der Waals surface area (Å²) in [5.41, 5.74) is 4.03. The molecule has 0 spiro atoms. The molecule has 0 aromatic heterocycles. The third-order valence-electron chi connectivity index (χ3n) is 5.00. The molecule has 1 aromatic carbocycles. The first-order valence-corrected chi connectivity index (χ1v) is 9.37. The number of hydrogen-bond donors (Lipinski definition) is 2. The number of fused-ring (bicyclic) bond motifs is 1. The molecule has 0 radical (unpaired) electrons. The number of nitrogens with zero attached hydrogens (tertiary/aromatic N) is 1. The van der Waals surface area contributed by atoms with Crippen LogP contribution in [0.3, 0.4) is 0 Å². The molecular weight excluding hydrogens is 342 g/mol. The van der Waals surface area contributed by atoms with Crippen molar-refractivity contribution in [3.8, 4) is 0 Å². The summed E-state index contributed by atoms with van der Waals surface area (Å²) in [7, 11) is 1.68. The molecule has 1 atom stereocenters. The van der Waals surface area contributed by atoms with E-state index in [1.54, 1.807) is 18.9 Å². The van der Waals surface area contributed by atoms with Crippen LogP contribution in [0.25, 0.3) is 0 Å². The number of nitrogens with one attached hydrogen (secondary N) is 2. The van der Waals surface area contributed by atoms with Gasteiger partial charge in [-0.2, -0.15) is 0 Å².